The summed E-state index contributed by atoms with van der Waals surface area (Å²) in [4.78, 5) is 2.29. The van der Waals surface area contributed by atoms with Crippen molar-refractivity contribution >= 4 is 0 Å². The molecule has 0 fully saturated rings. The van der Waals surface area contributed by atoms with Gasteiger partial charge in [0.1, 0.15) is 0 Å². The van der Waals surface area contributed by atoms with Gasteiger partial charge in [0.05, 0.1) is 0 Å². The SMILES string of the molecule is CCN1C=CC=CC1C. The number of rotatable bonds is 1. The van der Waals surface area contributed by atoms with E-state index in [0.29, 0.717) is 6.04 Å². The number of nitrogens with zero attached hydrogens (tertiary/aromatic N) is 1. The maximum absolute atomic E-state index is 2.29. The van der Waals surface area contributed by atoms with Crippen LogP contribution < -0.4 is 0 Å². The van der Waals surface area contributed by atoms with Gasteiger partial charge in [0.15, 0.2) is 0 Å². The van der Waals surface area contributed by atoms with E-state index in [1.54, 1.807) is 0 Å². The number of hydrogen-bond acceptors (Lipinski definition) is 1. The first kappa shape index (κ1) is 6.40. The topological polar surface area (TPSA) is 3.24 Å². The van der Waals surface area contributed by atoms with E-state index >= 15 is 0 Å². The van der Waals surface area contributed by atoms with Crippen LogP contribution in [-0.4, -0.2) is 17.5 Å². The van der Waals surface area contributed by atoms with Gasteiger partial charge in [-0.05, 0) is 26.1 Å². The van der Waals surface area contributed by atoms with Crippen molar-refractivity contribution in [1.82, 2.24) is 4.90 Å². The maximum Gasteiger partial charge on any atom is 0.0442 e. The third kappa shape index (κ3) is 1.35. The summed E-state index contributed by atoms with van der Waals surface area (Å²) in [6, 6.07) is 0.583. The molecule has 0 saturated carbocycles. The quantitative estimate of drug-likeness (QED) is 0.513. The van der Waals surface area contributed by atoms with Crippen molar-refractivity contribution in [1.29, 1.82) is 0 Å². The Morgan fingerprint density at radius 2 is 2.22 bits per heavy atom. The van der Waals surface area contributed by atoms with Crippen molar-refractivity contribution in [3.8, 4) is 0 Å². The van der Waals surface area contributed by atoms with Gasteiger partial charge in [0.2, 0.25) is 0 Å². The summed E-state index contributed by atoms with van der Waals surface area (Å²) >= 11 is 0. The molecule has 1 rings (SSSR count). The Bertz CT molecular complexity index is 136. The van der Waals surface area contributed by atoms with Crippen LogP contribution in [0.3, 0.4) is 0 Å². The molecule has 1 heterocycles. The van der Waals surface area contributed by atoms with Crippen LogP contribution in [0.5, 0.6) is 0 Å². The molecular formula is C8H13N. The average molecular weight is 123 g/mol. The Labute approximate surface area is 56.7 Å². The van der Waals surface area contributed by atoms with Crippen molar-refractivity contribution in [2.75, 3.05) is 6.54 Å². The summed E-state index contributed by atoms with van der Waals surface area (Å²) in [7, 11) is 0. The van der Waals surface area contributed by atoms with Gasteiger partial charge < -0.3 is 4.90 Å². The molecule has 0 amide bonds. The second kappa shape index (κ2) is 2.72. The lowest BCUT2D eigenvalue weighted by Gasteiger charge is -2.25. The van der Waals surface area contributed by atoms with Crippen molar-refractivity contribution < 1.29 is 0 Å². The molecule has 0 saturated heterocycles. The van der Waals surface area contributed by atoms with Crippen LogP contribution >= 0.6 is 0 Å². The predicted molar refractivity (Wildman–Crippen MR) is 40.1 cm³/mol. The summed E-state index contributed by atoms with van der Waals surface area (Å²) in [5, 5.41) is 0. The van der Waals surface area contributed by atoms with Crippen LogP contribution in [0.4, 0.5) is 0 Å². The highest BCUT2D eigenvalue weighted by molar-refractivity contribution is 5.11. The minimum atomic E-state index is 0.583. The van der Waals surface area contributed by atoms with Crippen LogP contribution in [0, 0.1) is 0 Å². The second-order valence-electron chi connectivity index (χ2n) is 2.30. The zero-order valence-electron chi connectivity index (χ0n) is 6.04. The Morgan fingerprint density at radius 3 is 2.67 bits per heavy atom. The van der Waals surface area contributed by atoms with E-state index in [0.717, 1.165) is 6.54 Å². The molecule has 0 radical (unpaired) electrons. The standard InChI is InChI=1S/C8H13N/c1-3-9-7-5-4-6-8(9)2/h4-8H,3H2,1-2H3. The third-order valence-electron chi connectivity index (χ3n) is 1.67. The van der Waals surface area contributed by atoms with E-state index in [2.05, 4.69) is 43.2 Å². The van der Waals surface area contributed by atoms with Gasteiger partial charge in [-0.25, -0.2) is 0 Å². The molecule has 0 aromatic rings. The third-order valence-corrected chi connectivity index (χ3v) is 1.67. The number of allylic oxidation sites excluding steroid dienone is 2. The summed E-state index contributed by atoms with van der Waals surface area (Å²) in [6.07, 6.45) is 8.49. The first-order valence-electron chi connectivity index (χ1n) is 3.45. The predicted octanol–water partition coefficient (Wildman–Crippen LogP) is 1.78. The van der Waals surface area contributed by atoms with E-state index in [-0.39, 0.29) is 0 Å². The van der Waals surface area contributed by atoms with Crippen molar-refractivity contribution in [3.63, 3.8) is 0 Å². The fraction of sp³-hybridized carbons (Fsp3) is 0.500. The molecule has 0 spiro atoms. The fourth-order valence-electron chi connectivity index (χ4n) is 1.02. The first-order chi connectivity index (χ1) is 4.34. The Kier molecular flexibility index (Phi) is 1.93. The second-order valence-corrected chi connectivity index (χ2v) is 2.30. The highest BCUT2D eigenvalue weighted by Crippen LogP contribution is 2.05. The molecule has 0 bridgehead atoms. The lowest BCUT2D eigenvalue weighted by atomic mass is 10.2. The lowest BCUT2D eigenvalue weighted by Crippen LogP contribution is -2.27. The fourth-order valence-corrected chi connectivity index (χ4v) is 1.02. The van der Waals surface area contributed by atoms with Crippen LogP contribution in [-0.2, 0) is 0 Å². The highest BCUT2D eigenvalue weighted by Gasteiger charge is 2.04. The van der Waals surface area contributed by atoms with Gasteiger partial charge in [-0.1, -0.05) is 12.2 Å². The number of likely N-dealkylation sites (N-methyl/N-ethyl adjacent to an activating group) is 1. The molecule has 1 aliphatic heterocycles. The van der Waals surface area contributed by atoms with E-state index in [1.165, 1.54) is 0 Å². The molecule has 0 aromatic heterocycles. The molecule has 1 aliphatic rings. The molecular weight excluding hydrogens is 110 g/mol. The summed E-state index contributed by atoms with van der Waals surface area (Å²) < 4.78 is 0. The zero-order valence-corrected chi connectivity index (χ0v) is 6.04. The molecule has 0 aliphatic carbocycles. The molecule has 1 heteroatoms. The van der Waals surface area contributed by atoms with Gasteiger partial charge in [0.25, 0.3) is 0 Å². The first-order valence-corrected chi connectivity index (χ1v) is 3.45. The van der Waals surface area contributed by atoms with Crippen LogP contribution in [0.1, 0.15) is 13.8 Å². The molecule has 0 N–H and O–H groups in total. The van der Waals surface area contributed by atoms with Gasteiger partial charge in [-0.3, -0.25) is 0 Å². The Hall–Kier alpha value is -0.720. The van der Waals surface area contributed by atoms with E-state index in [4.69, 9.17) is 0 Å². The minimum Gasteiger partial charge on any atom is -0.372 e. The minimum absolute atomic E-state index is 0.583. The molecule has 1 atom stereocenters. The van der Waals surface area contributed by atoms with Gasteiger partial charge in [-0.15, -0.1) is 0 Å². The highest BCUT2D eigenvalue weighted by atomic mass is 15.1. The van der Waals surface area contributed by atoms with E-state index in [9.17, 15) is 0 Å². The molecule has 50 valence electrons. The molecule has 1 nitrogen and oxygen atoms in total. The van der Waals surface area contributed by atoms with Gasteiger partial charge in [0, 0.05) is 12.6 Å². The van der Waals surface area contributed by atoms with Gasteiger partial charge >= 0.3 is 0 Å². The van der Waals surface area contributed by atoms with Crippen LogP contribution in [0.15, 0.2) is 24.4 Å². The molecule has 0 aromatic carbocycles. The van der Waals surface area contributed by atoms with Crippen molar-refractivity contribution in [2.24, 2.45) is 0 Å². The number of hydrogen-bond donors (Lipinski definition) is 0. The summed E-state index contributed by atoms with van der Waals surface area (Å²) in [6.45, 7) is 5.46. The van der Waals surface area contributed by atoms with Gasteiger partial charge in [-0.2, -0.15) is 0 Å². The van der Waals surface area contributed by atoms with E-state index < -0.39 is 0 Å². The maximum atomic E-state index is 2.29. The smallest absolute Gasteiger partial charge is 0.0442 e. The van der Waals surface area contributed by atoms with Crippen LogP contribution in [0.2, 0.25) is 0 Å². The van der Waals surface area contributed by atoms with Crippen LogP contribution in [0.25, 0.3) is 0 Å². The Morgan fingerprint density at radius 1 is 1.44 bits per heavy atom. The Balaban J connectivity index is 2.55. The molecule has 9 heavy (non-hydrogen) atoms. The largest absolute Gasteiger partial charge is 0.372 e. The summed E-state index contributed by atoms with van der Waals surface area (Å²) in [5.74, 6) is 0. The summed E-state index contributed by atoms with van der Waals surface area (Å²) in [5.41, 5.74) is 0. The normalized spacial score (nSPS) is 25.1. The zero-order chi connectivity index (χ0) is 6.69. The van der Waals surface area contributed by atoms with Crippen molar-refractivity contribution in [3.05, 3.63) is 24.4 Å². The lowest BCUT2D eigenvalue weighted by molar-refractivity contribution is 0.350. The molecule has 1 unspecified atom stereocenters. The monoisotopic (exact) mass is 123 g/mol. The van der Waals surface area contributed by atoms with Crippen molar-refractivity contribution in [2.45, 2.75) is 19.9 Å². The average Bonchev–Trinajstić information content (AvgIpc) is 1.89. The van der Waals surface area contributed by atoms with E-state index in [1.807, 2.05) is 0 Å².